The molecule has 0 aliphatic carbocycles. The van der Waals surface area contributed by atoms with E-state index in [1.807, 2.05) is 36.2 Å². The monoisotopic (exact) mass is 276 g/mol. The molecule has 1 N–H and O–H groups in total. The molecule has 1 aromatic rings. The van der Waals surface area contributed by atoms with Gasteiger partial charge in [0.15, 0.2) is 0 Å². The average molecular weight is 276 g/mol. The van der Waals surface area contributed by atoms with Crippen LogP contribution in [0.3, 0.4) is 0 Å². The van der Waals surface area contributed by atoms with Gasteiger partial charge >= 0.3 is 0 Å². The second-order valence-electron chi connectivity index (χ2n) is 5.41. The molecule has 1 heterocycles. The van der Waals surface area contributed by atoms with Gasteiger partial charge in [0.2, 0.25) is 0 Å². The summed E-state index contributed by atoms with van der Waals surface area (Å²) >= 11 is 0. The molecule has 1 fully saturated rings. The SMILES string of the molecule is CNCC1CCCN(C(=O)c2ccccc2COC)C1. The van der Waals surface area contributed by atoms with Crippen LogP contribution in [0, 0.1) is 5.92 Å². The second-order valence-corrected chi connectivity index (χ2v) is 5.41. The Bertz CT molecular complexity index is 446. The quantitative estimate of drug-likeness (QED) is 0.893. The average Bonchev–Trinajstić information content (AvgIpc) is 2.48. The number of hydrogen-bond donors (Lipinski definition) is 1. The van der Waals surface area contributed by atoms with E-state index in [1.54, 1.807) is 7.11 Å². The van der Waals surface area contributed by atoms with Gasteiger partial charge in [-0.15, -0.1) is 0 Å². The summed E-state index contributed by atoms with van der Waals surface area (Å²) in [5.41, 5.74) is 1.75. The van der Waals surface area contributed by atoms with Crippen molar-refractivity contribution in [1.82, 2.24) is 10.2 Å². The summed E-state index contributed by atoms with van der Waals surface area (Å²) in [6, 6.07) is 7.73. The Kier molecular flexibility index (Phi) is 5.56. The van der Waals surface area contributed by atoms with Gasteiger partial charge in [-0.2, -0.15) is 0 Å². The Labute approximate surface area is 121 Å². The van der Waals surface area contributed by atoms with Gasteiger partial charge in [0, 0.05) is 25.8 Å². The van der Waals surface area contributed by atoms with Gasteiger partial charge in [-0.25, -0.2) is 0 Å². The fraction of sp³-hybridized carbons (Fsp3) is 0.562. The third kappa shape index (κ3) is 3.58. The molecule has 1 unspecified atom stereocenters. The number of amides is 1. The van der Waals surface area contributed by atoms with Gasteiger partial charge < -0.3 is 15.0 Å². The maximum Gasteiger partial charge on any atom is 0.254 e. The molecular formula is C16H24N2O2. The summed E-state index contributed by atoms with van der Waals surface area (Å²) in [6.45, 7) is 3.17. The van der Waals surface area contributed by atoms with Crippen molar-refractivity contribution in [1.29, 1.82) is 0 Å². The van der Waals surface area contributed by atoms with Crippen LogP contribution >= 0.6 is 0 Å². The van der Waals surface area contributed by atoms with E-state index in [-0.39, 0.29) is 5.91 Å². The highest BCUT2D eigenvalue weighted by molar-refractivity contribution is 5.95. The van der Waals surface area contributed by atoms with E-state index in [1.165, 1.54) is 6.42 Å². The van der Waals surface area contributed by atoms with Crippen LogP contribution in [0.5, 0.6) is 0 Å². The van der Waals surface area contributed by atoms with Crippen LogP contribution in [-0.2, 0) is 11.3 Å². The zero-order chi connectivity index (χ0) is 14.4. The molecule has 4 nitrogen and oxygen atoms in total. The fourth-order valence-corrected chi connectivity index (χ4v) is 2.89. The van der Waals surface area contributed by atoms with E-state index in [2.05, 4.69) is 5.32 Å². The summed E-state index contributed by atoms with van der Waals surface area (Å²) in [5.74, 6) is 0.700. The maximum absolute atomic E-state index is 12.7. The van der Waals surface area contributed by atoms with Crippen molar-refractivity contribution >= 4 is 5.91 Å². The lowest BCUT2D eigenvalue weighted by Crippen LogP contribution is -2.42. The lowest BCUT2D eigenvalue weighted by atomic mass is 9.96. The van der Waals surface area contributed by atoms with Crippen LogP contribution in [0.2, 0.25) is 0 Å². The summed E-state index contributed by atoms with van der Waals surface area (Å²) in [5, 5.41) is 3.21. The minimum Gasteiger partial charge on any atom is -0.380 e. The Balaban J connectivity index is 2.10. The minimum atomic E-state index is 0.137. The molecule has 1 amide bonds. The van der Waals surface area contributed by atoms with Crippen LogP contribution in [0.15, 0.2) is 24.3 Å². The second kappa shape index (κ2) is 7.41. The number of nitrogens with one attached hydrogen (secondary N) is 1. The molecule has 1 aliphatic heterocycles. The first-order valence-electron chi connectivity index (χ1n) is 7.27. The number of benzene rings is 1. The third-order valence-corrected chi connectivity index (χ3v) is 3.85. The van der Waals surface area contributed by atoms with Crippen molar-refractivity contribution in [3.05, 3.63) is 35.4 Å². The Morgan fingerprint density at radius 2 is 2.25 bits per heavy atom. The van der Waals surface area contributed by atoms with Crippen molar-refractivity contribution in [3.8, 4) is 0 Å². The summed E-state index contributed by atoms with van der Waals surface area (Å²) in [6.07, 6.45) is 2.29. The van der Waals surface area contributed by atoms with Gasteiger partial charge in [-0.3, -0.25) is 4.79 Å². The third-order valence-electron chi connectivity index (χ3n) is 3.85. The molecular weight excluding hydrogens is 252 g/mol. The highest BCUT2D eigenvalue weighted by Crippen LogP contribution is 2.20. The first kappa shape index (κ1) is 15.0. The predicted octanol–water partition coefficient (Wildman–Crippen LogP) is 1.90. The summed E-state index contributed by atoms with van der Waals surface area (Å²) < 4.78 is 5.18. The number of carbonyl (C=O) groups is 1. The van der Waals surface area contributed by atoms with Crippen LogP contribution in [0.4, 0.5) is 0 Å². The number of hydrogen-bond acceptors (Lipinski definition) is 3. The van der Waals surface area contributed by atoms with Gasteiger partial charge in [0.1, 0.15) is 0 Å². The Morgan fingerprint density at radius 3 is 3.00 bits per heavy atom. The number of piperidine rings is 1. The molecule has 0 aromatic heterocycles. The number of likely N-dealkylation sites (tertiary alicyclic amines) is 1. The molecule has 1 aliphatic rings. The van der Waals surface area contributed by atoms with Crippen LogP contribution in [-0.4, -0.2) is 44.6 Å². The first-order chi connectivity index (χ1) is 9.76. The largest absolute Gasteiger partial charge is 0.380 e. The highest BCUT2D eigenvalue weighted by atomic mass is 16.5. The number of rotatable bonds is 5. The van der Waals surface area contributed by atoms with Gasteiger partial charge in [0.25, 0.3) is 5.91 Å². The number of methoxy groups -OCH3 is 1. The van der Waals surface area contributed by atoms with Crippen molar-refractivity contribution < 1.29 is 9.53 Å². The van der Waals surface area contributed by atoms with E-state index >= 15 is 0 Å². The number of carbonyl (C=O) groups excluding carboxylic acids is 1. The topological polar surface area (TPSA) is 41.6 Å². The smallest absolute Gasteiger partial charge is 0.254 e. The van der Waals surface area contributed by atoms with Crippen molar-refractivity contribution in [2.45, 2.75) is 19.4 Å². The Hall–Kier alpha value is -1.39. The van der Waals surface area contributed by atoms with E-state index in [0.29, 0.717) is 12.5 Å². The van der Waals surface area contributed by atoms with Gasteiger partial charge in [-0.05, 0) is 44.0 Å². The van der Waals surface area contributed by atoms with Crippen molar-refractivity contribution in [2.75, 3.05) is 33.8 Å². The minimum absolute atomic E-state index is 0.137. The zero-order valence-corrected chi connectivity index (χ0v) is 12.4. The molecule has 0 radical (unpaired) electrons. The first-order valence-corrected chi connectivity index (χ1v) is 7.27. The summed E-state index contributed by atoms with van der Waals surface area (Å²) in [4.78, 5) is 14.7. The van der Waals surface area contributed by atoms with E-state index in [9.17, 15) is 4.79 Å². The van der Waals surface area contributed by atoms with Crippen LogP contribution < -0.4 is 5.32 Å². The number of ether oxygens (including phenoxy) is 1. The van der Waals surface area contributed by atoms with Gasteiger partial charge in [0.05, 0.1) is 6.61 Å². The lowest BCUT2D eigenvalue weighted by molar-refractivity contribution is 0.0669. The summed E-state index contributed by atoms with van der Waals surface area (Å²) in [7, 11) is 3.62. The van der Waals surface area contributed by atoms with E-state index in [4.69, 9.17) is 4.74 Å². The predicted molar refractivity (Wildman–Crippen MR) is 79.7 cm³/mol. The molecule has 0 spiro atoms. The Morgan fingerprint density at radius 1 is 1.45 bits per heavy atom. The van der Waals surface area contributed by atoms with E-state index in [0.717, 1.165) is 37.2 Å². The number of nitrogens with zero attached hydrogens (tertiary/aromatic N) is 1. The molecule has 4 heteroatoms. The standard InChI is InChI=1S/C16H24N2O2/c1-17-10-13-6-5-9-18(11-13)16(19)15-8-4-3-7-14(15)12-20-2/h3-4,7-8,13,17H,5-6,9-12H2,1-2H3. The molecule has 110 valence electrons. The normalized spacial score (nSPS) is 19.1. The molecule has 20 heavy (non-hydrogen) atoms. The fourth-order valence-electron chi connectivity index (χ4n) is 2.89. The lowest BCUT2D eigenvalue weighted by Gasteiger charge is -2.33. The van der Waals surface area contributed by atoms with Crippen LogP contribution in [0.1, 0.15) is 28.8 Å². The van der Waals surface area contributed by atoms with Gasteiger partial charge in [-0.1, -0.05) is 18.2 Å². The van der Waals surface area contributed by atoms with E-state index < -0.39 is 0 Å². The molecule has 2 rings (SSSR count). The van der Waals surface area contributed by atoms with Crippen molar-refractivity contribution in [2.24, 2.45) is 5.92 Å². The molecule has 0 saturated carbocycles. The molecule has 1 aromatic carbocycles. The molecule has 1 atom stereocenters. The maximum atomic E-state index is 12.7. The van der Waals surface area contributed by atoms with Crippen LogP contribution in [0.25, 0.3) is 0 Å². The highest BCUT2D eigenvalue weighted by Gasteiger charge is 2.25. The van der Waals surface area contributed by atoms with Crippen molar-refractivity contribution in [3.63, 3.8) is 0 Å². The zero-order valence-electron chi connectivity index (χ0n) is 12.4. The molecule has 0 bridgehead atoms. The molecule has 1 saturated heterocycles.